The molecule has 2 aromatic rings. The normalized spacial score (nSPS) is 13.3. The standard InChI is InChI=1S/C19H19N3O4/c23-19(21-20-16-3-1-2-4-16)15-7-5-14(6-8-15)13-26-18-11-9-17(10-12-18)22(24)25/h5-12H,1-4,13H2,(H,21,23). The van der Waals surface area contributed by atoms with Crippen molar-refractivity contribution in [2.75, 3.05) is 0 Å². The number of hydrazone groups is 1. The first-order valence-electron chi connectivity index (χ1n) is 8.44. The number of amides is 1. The van der Waals surface area contributed by atoms with Crippen LogP contribution < -0.4 is 10.2 Å². The highest BCUT2D eigenvalue weighted by Gasteiger charge is 2.10. The van der Waals surface area contributed by atoms with Crippen LogP contribution in [0.3, 0.4) is 0 Å². The number of carbonyl (C=O) groups is 1. The quantitative estimate of drug-likeness (QED) is 0.631. The Kier molecular flexibility index (Phi) is 5.58. The number of nitrogens with zero attached hydrogens (tertiary/aromatic N) is 2. The summed E-state index contributed by atoms with van der Waals surface area (Å²) in [6, 6.07) is 13.0. The minimum Gasteiger partial charge on any atom is -0.489 e. The molecule has 1 N–H and O–H groups in total. The molecule has 0 bridgehead atoms. The Morgan fingerprint density at radius 2 is 1.73 bits per heavy atom. The first-order chi connectivity index (χ1) is 12.6. The molecule has 1 aliphatic rings. The molecule has 26 heavy (non-hydrogen) atoms. The number of benzene rings is 2. The first-order valence-corrected chi connectivity index (χ1v) is 8.44. The van der Waals surface area contributed by atoms with Gasteiger partial charge in [0, 0.05) is 23.4 Å². The molecule has 0 spiro atoms. The fraction of sp³-hybridized carbons (Fsp3) is 0.263. The molecular formula is C19H19N3O4. The van der Waals surface area contributed by atoms with Gasteiger partial charge >= 0.3 is 0 Å². The molecular weight excluding hydrogens is 334 g/mol. The van der Waals surface area contributed by atoms with Gasteiger partial charge in [0.1, 0.15) is 12.4 Å². The number of non-ortho nitro benzene ring substituents is 1. The summed E-state index contributed by atoms with van der Waals surface area (Å²) in [6.45, 7) is 0.308. The first kappa shape index (κ1) is 17.6. The topological polar surface area (TPSA) is 93.8 Å². The van der Waals surface area contributed by atoms with Crippen LogP contribution in [0.2, 0.25) is 0 Å². The number of nitro benzene ring substituents is 1. The zero-order valence-electron chi connectivity index (χ0n) is 14.2. The van der Waals surface area contributed by atoms with Gasteiger partial charge in [-0.2, -0.15) is 5.10 Å². The summed E-state index contributed by atoms with van der Waals surface area (Å²) < 4.78 is 5.60. The number of hydrogen-bond donors (Lipinski definition) is 1. The maximum Gasteiger partial charge on any atom is 0.271 e. The van der Waals surface area contributed by atoms with Crippen molar-refractivity contribution >= 4 is 17.3 Å². The summed E-state index contributed by atoms with van der Waals surface area (Å²) in [4.78, 5) is 22.2. The predicted molar refractivity (Wildman–Crippen MR) is 97.2 cm³/mol. The van der Waals surface area contributed by atoms with Gasteiger partial charge in [-0.3, -0.25) is 14.9 Å². The smallest absolute Gasteiger partial charge is 0.271 e. The Morgan fingerprint density at radius 1 is 1.08 bits per heavy atom. The molecule has 7 nitrogen and oxygen atoms in total. The van der Waals surface area contributed by atoms with E-state index < -0.39 is 4.92 Å². The highest BCUT2D eigenvalue weighted by Crippen LogP contribution is 2.18. The average molecular weight is 353 g/mol. The second-order valence-corrected chi connectivity index (χ2v) is 6.06. The van der Waals surface area contributed by atoms with Crippen LogP contribution >= 0.6 is 0 Å². The number of carbonyl (C=O) groups excluding carboxylic acids is 1. The van der Waals surface area contributed by atoms with E-state index in [4.69, 9.17) is 4.74 Å². The molecule has 0 saturated heterocycles. The average Bonchev–Trinajstić information content (AvgIpc) is 3.19. The maximum absolute atomic E-state index is 12.1. The number of rotatable bonds is 6. The molecule has 0 atom stereocenters. The van der Waals surface area contributed by atoms with Crippen LogP contribution in [0.1, 0.15) is 41.6 Å². The van der Waals surface area contributed by atoms with Crippen molar-refractivity contribution in [3.8, 4) is 5.75 Å². The van der Waals surface area contributed by atoms with Gasteiger partial charge in [-0.1, -0.05) is 12.1 Å². The molecule has 1 aliphatic carbocycles. The molecule has 0 heterocycles. The highest BCUT2D eigenvalue weighted by molar-refractivity contribution is 5.95. The monoisotopic (exact) mass is 353 g/mol. The molecule has 0 aromatic heterocycles. The second-order valence-electron chi connectivity index (χ2n) is 6.06. The van der Waals surface area contributed by atoms with E-state index in [1.165, 1.54) is 12.1 Å². The maximum atomic E-state index is 12.1. The van der Waals surface area contributed by atoms with Crippen molar-refractivity contribution in [3.63, 3.8) is 0 Å². The van der Waals surface area contributed by atoms with Crippen LogP contribution in [0.4, 0.5) is 5.69 Å². The van der Waals surface area contributed by atoms with E-state index in [2.05, 4.69) is 10.5 Å². The SMILES string of the molecule is O=C(NN=C1CCCC1)c1ccc(COc2ccc([N+](=O)[O-])cc2)cc1. The molecule has 1 fully saturated rings. The zero-order valence-corrected chi connectivity index (χ0v) is 14.2. The van der Waals surface area contributed by atoms with Crippen LogP contribution in [0.25, 0.3) is 0 Å². The van der Waals surface area contributed by atoms with Crippen molar-refractivity contribution in [2.45, 2.75) is 32.3 Å². The molecule has 0 aliphatic heterocycles. The number of nitro groups is 1. The van der Waals surface area contributed by atoms with E-state index in [0.29, 0.717) is 17.9 Å². The van der Waals surface area contributed by atoms with Gasteiger partial charge in [0.2, 0.25) is 0 Å². The molecule has 3 rings (SSSR count). The lowest BCUT2D eigenvalue weighted by molar-refractivity contribution is -0.384. The summed E-state index contributed by atoms with van der Waals surface area (Å²) >= 11 is 0. The van der Waals surface area contributed by atoms with E-state index in [-0.39, 0.29) is 11.6 Å². The van der Waals surface area contributed by atoms with E-state index in [1.807, 2.05) is 12.1 Å². The summed E-state index contributed by atoms with van der Waals surface area (Å²) in [5.74, 6) is 0.317. The Hall–Kier alpha value is -3.22. The van der Waals surface area contributed by atoms with Gasteiger partial charge in [0.25, 0.3) is 11.6 Å². The summed E-state index contributed by atoms with van der Waals surface area (Å²) in [7, 11) is 0. The third-order valence-corrected chi connectivity index (χ3v) is 4.17. The Bertz CT molecular complexity index is 806. The number of nitrogens with one attached hydrogen (secondary N) is 1. The molecule has 134 valence electrons. The van der Waals surface area contributed by atoms with E-state index in [9.17, 15) is 14.9 Å². The lowest BCUT2D eigenvalue weighted by Crippen LogP contribution is -2.19. The minimum atomic E-state index is -0.453. The van der Waals surface area contributed by atoms with Crippen molar-refractivity contribution < 1.29 is 14.5 Å². The Balaban J connectivity index is 1.53. The lowest BCUT2D eigenvalue weighted by Gasteiger charge is -2.07. The van der Waals surface area contributed by atoms with Gasteiger partial charge < -0.3 is 4.74 Å². The van der Waals surface area contributed by atoms with Crippen LogP contribution in [0.15, 0.2) is 53.6 Å². The van der Waals surface area contributed by atoms with Gasteiger partial charge in [-0.15, -0.1) is 0 Å². The van der Waals surface area contributed by atoms with Crippen LogP contribution in [-0.4, -0.2) is 16.5 Å². The van der Waals surface area contributed by atoms with E-state index in [1.54, 1.807) is 24.3 Å². The minimum absolute atomic E-state index is 0.0221. The summed E-state index contributed by atoms with van der Waals surface area (Å²) in [5.41, 5.74) is 5.09. The molecule has 1 saturated carbocycles. The fourth-order valence-electron chi connectivity index (χ4n) is 2.67. The van der Waals surface area contributed by atoms with Gasteiger partial charge in [-0.05, 0) is 55.5 Å². The van der Waals surface area contributed by atoms with Crippen LogP contribution in [0.5, 0.6) is 5.75 Å². The van der Waals surface area contributed by atoms with Crippen molar-refractivity contribution in [3.05, 3.63) is 69.8 Å². The Morgan fingerprint density at radius 3 is 2.35 bits per heavy atom. The Labute approximate surface area is 150 Å². The molecule has 7 heteroatoms. The second kappa shape index (κ2) is 8.24. The molecule has 0 radical (unpaired) electrons. The third kappa shape index (κ3) is 4.66. The third-order valence-electron chi connectivity index (χ3n) is 4.17. The largest absolute Gasteiger partial charge is 0.489 e. The highest BCUT2D eigenvalue weighted by atomic mass is 16.6. The van der Waals surface area contributed by atoms with Crippen molar-refractivity contribution in [1.29, 1.82) is 0 Å². The van der Waals surface area contributed by atoms with Crippen LogP contribution in [-0.2, 0) is 6.61 Å². The fourth-order valence-corrected chi connectivity index (χ4v) is 2.67. The number of hydrogen-bond acceptors (Lipinski definition) is 5. The van der Waals surface area contributed by atoms with Crippen LogP contribution in [0, 0.1) is 10.1 Å². The molecule has 1 amide bonds. The number of ether oxygens (including phenoxy) is 1. The predicted octanol–water partition coefficient (Wildman–Crippen LogP) is 3.83. The summed E-state index contributed by atoms with van der Waals surface area (Å²) in [6.07, 6.45) is 4.19. The van der Waals surface area contributed by atoms with Crippen molar-refractivity contribution in [2.24, 2.45) is 5.10 Å². The summed E-state index contributed by atoms with van der Waals surface area (Å²) in [5, 5.41) is 14.8. The van der Waals surface area contributed by atoms with Crippen molar-refractivity contribution in [1.82, 2.24) is 5.43 Å². The lowest BCUT2D eigenvalue weighted by atomic mass is 10.1. The zero-order chi connectivity index (χ0) is 18.4. The molecule has 0 unspecified atom stereocenters. The molecule has 2 aromatic carbocycles. The van der Waals surface area contributed by atoms with Gasteiger partial charge in [-0.25, -0.2) is 5.43 Å². The van der Waals surface area contributed by atoms with E-state index >= 15 is 0 Å². The van der Waals surface area contributed by atoms with Gasteiger partial charge in [0.05, 0.1) is 4.92 Å². The van der Waals surface area contributed by atoms with Gasteiger partial charge in [0.15, 0.2) is 0 Å². The van der Waals surface area contributed by atoms with E-state index in [0.717, 1.165) is 37.0 Å².